The van der Waals surface area contributed by atoms with E-state index in [1.165, 1.54) is 0 Å². The van der Waals surface area contributed by atoms with Crippen LogP contribution in [0.15, 0.2) is 41.2 Å². The maximum atomic E-state index is 13.0. The monoisotopic (exact) mass is 347 g/mol. The van der Waals surface area contributed by atoms with E-state index in [-0.39, 0.29) is 11.6 Å². The molecule has 6 nitrogen and oxygen atoms in total. The van der Waals surface area contributed by atoms with E-state index in [1.807, 2.05) is 62.0 Å². The van der Waals surface area contributed by atoms with Crippen molar-refractivity contribution in [2.45, 2.75) is 19.9 Å². The Bertz CT molecular complexity index is 1220. The molecule has 2 aromatic carbocycles. The predicted octanol–water partition coefficient (Wildman–Crippen LogP) is 2.82. The summed E-state index contributed by atoms with van der Waals surface area (Å²) in [6.07, 6.45) is 0. The lowest BCUT2D eigenvalue weighted by atomic mass is 10.0. The van der Waals surface area contributed by atoms with Gasteiger partial charge in [-0.25, -0.2) is 4.98 Å². The van der Waals surface area contributed by atoms with E-state index >= 15 is 0 Å². The first-order valence-electron chi connectivity index (χ1n) is 8.57. The van der Waals surface area contributed by atoms with Crippen LogP contribution >= 0.6 is 0 Å². The Balaban J connectivity index is 2.14. The number of para-hydroxylation sites is 1. The zero-order chi connectivity index (χ0) is 18.6. The summed E-state index contributed by atoms with van der Waals surface area (Å²) >= 11 is 0. The second-order valence-corrected chi connectivity index (χ2v) is 6.83. The minimum absolute atomic E-state index is 0.0923. The smallest absolute Gasteiger partial charge is 0.261 e. The fourth-order valence-electron chi connectivity index (χ4n) is 3.49. The topological polar surface area (TPSA) is 78.7 Å². The third-order valence-corrected chi connectivity index (χ3v) is 4.81. The SMILES string of the molecule is Cc1cc([C@@H](C)N)c2nc(-c3nn(C)c4ccccc34)n(C)c(=O)c2c1. The zero-order valence-electron chi connectivity index (χ0n) is 15.3. The Morgan fingerprint density at radius 3 is 2.58 bits per heavy atom. The van der Waals surface area contributed by atoms with Gasteiger partial charge in [-0.3, -0.25) is 14.0 Å². The third-order valence-electron chi connectivity index (χ3n) is 4.81. The number of hydrogen-bond donors (Lipinski definition) is 1. The van der Waals surface area contributed by atoms with Crippen molar-refractivity contribution < 1.29 is 0 Å². The van der Waals surface area contributed by atoms with E-state index in [1.54, 1.807) is 11.6 Å². The third kappa shape index (κ3) is 2.34. The molecule has 1 atom stereocenters. The van der Waals surface area contributed by atoms with Crippen LogP contribution in [0.4, 0.5) is 0 Å². The van der Waals surface area contributed by atoms with Gasteiger partial charge in [0.2, 0.25) is 0 Å². The predicted molar refractivity (Wildman–Crippen MR) is 104 cm³/mol. The van der Waals surface area contributed by atoms with Crippen LogP contribution in [0.3, 0.4) is 0 Å². The van der Waals surface area contributed by atoms with Crippen molar-refractivity contribution in [1.29, 1.82) is 0 Å². The Kier molecular flexibility index (Phi) is 3.66. The molecule has 0 fully saturated rings. The van der Waals surface area contributed by atoms with Crippen molar-refractivity contribution in [1.82, 2.24) is 19.3 Å². The molecule has 0 unspecified atom stereocenters. The van der Waals surface area contributed by atoms with Gasteiger partial charge < -0.3 is 5.73 Å². The fraction of sp³-hybridized carbons (Fsp3) is 0.250. The Morgan fingerprint density at radius 1 is 1.12 bits per heavy atom. The van der Waals surface area contributed by atoms with Crippen LogP contribution in [0.1, 0.15) is 24.1 Å². The summed E-state index contributed by atoms with van der Waals surface area (Å²) in [6, 6.07) is 11.6. The van der Waals surface area contributed by atoms with Gasteiger partial charge in [0, 0.05) is 25.5 Å². The molecular weight excluding hydrogens is 326 g/mol. The molecule has 4 rings (SSSR count). The maximum Gasteiger partial charge on any atom is 0.261 e. The summed E-state index contributed by atoms with van der Waals surface area (Å²) < 4.78 is 3.38. The second-order valence-electron chi connectivity index (χ2n) is 6.83. The molecule has 0 aliphatic carbocycles. The molecular formula is C20H21N5O. The molecule has 0 radical (unpaired) electrons. The number of benzene rings is 2. The lowest BCUT2D eigenvalue weighted by Crippen LogP contribution is -2.22. The summed E-state index contributed by atoms with van der Waals surface area (Å²) in [5.41, 5.74) is 10.3. The molecule has 0 spiro atoms. The Labute approximate surface area is 150 Å². The van der Waals surface area contributed by atoms with Crippen LogP contribution in [0, 0.1) is 6.92 Å². The van der Waals surface area contributed by atoms with Crippen LogP contribution in [0.2, 0.25) is 0 Å². The highest BCUT2D eigenvalue weighted by Crippen LogP contribution is 2.28. The number of aryl methyl sites for hydroxylation is 2. The molecule has 2 aromatic heterocycles. The molecule has 0 aliphatic heterocycles. The number of nitrogens with two attached hydrogens (primary N) is 1. The molecule has 0 amide bonds. The minimum Gasteiger partial charge on any atom is -0.324 e. The highest BCUT2D eigenvalue weighted by Gasteiger charge is 2.19. The van der Waals surface area contributed by atoms with E-state index in [0.29, 0.717) is 22.4 Å². The van der Waals surface area contributed by atoms with Crippen molar-refractivity contribution in [2.75, 3.05) is 0 Å². The quantitative estimate of drug-likeness (QED) is 0.605. The Morgan fingerprint density at radius 2 is 1.85 bits per heavy atom. The van der Waals surface area contributed by atoms with Crippen molar-refractivity contribution in [2.24, 2.45) is 19.8 Å². The lowest BCUT2D eigenvalue weighted by molar-refractivity contribution is 0.782. The number of nitrogens with zero attached hydrogens (tertiary/aromatic N) is 4. The van der Waals surface area contributed by atoms with E-state index in [4.69, 9.17) is 10.7 Å². The molecule has 0 aliphatic rings. The van der Waals surface area contributed by atoms with Crippen LogP contribution in [0.25, 0.3) is 33.3 Å². The van der Waals surface area contributed by atoms with Crippen molar-refractivity contribution in [3.63, 3.8) is 0 Å². The molecule has 4 aromatic rings. The number of rotatable bonds is 2. The molecule has 0 saturated carbocycles. The second kappa shape index (κ2) is 5.78. The van der Waals surface area contributed by atoms with Gasteiger partial charge in [-0.05, 0) is 37.1 Å². The van der Waals surface area contributed by atoms with E-state index < -0.39 is 0 Å². The molecule has 132 valence electrons. The van der Waals surface area contributed by atoms with Gasteiger partial charge >= 0.3 is 0 Å². The average Bonchev–Trinajstić information content (AvgIpc) is 2.95. The Hall–Kier alpha value is -2.99. The summed E-state index contributed by atoms with van der Waals surface area (Å²) in [5, 5.41) is 6.18. The molecule has 26 heavy (non-hydrogen) atoms. The molecule has 0 bridgehead atoms. The van der Waals surface area contributed by atoms with Gasteiger partial charge in [0.05, 0.1) is 16.4 Å². The first kappa shape index (κ1) is 16.5. The summed E-state index contributed by atoms with van der Waals surface area (Å²) in [6.45, 7) is 3.87. The average molecular weight is 347 g/mol. The number of hydrogen-bond acceptors (Lipinski definition) is 4. The summed E-state index contributed by atoms with van der Waals surface area (Å²) in [7, 11) is 3.63. The van der Waals surface area contributed by atoms with Gasteiger partial charge in [-0.1, -0.05) is 24.3 Å². The van der Waals surface area contributed by atoms with E-state index in [2.05, 4.69) is 5.10 Å². The van der Waals surface area contributed by atoms with Crippen LogP contribution < -0.4 is 11.3 Å². The standard InChI is InChI=1S/C20H21N5O/c1-11-9-14(12(2)21)17-15(10-11)20(26)24(3)19(22-17)18-13-7-5-6-8-16(13)25(4)23-18/h5-10,12H,21H2,1-4H3/t12-/m1/s1. The van der Waals surface area contributed by atoms with Gasteiger partial charge in [-0.15, -0.1) is 0 Å². The minimum atomic E-state index is -0.217. The number of aromatic nitrogens is 4. The van der Waals surface area contributed by atoms with Crippen molar-refractivity contribution in [3.05, 3.63) is 57.9 Å². The fourth-order valence-corrected chi connectivity index (χ4v) is 3.49. The molecule has 2 N–H and O–H groups in total. The molecule has 2 heterocycles. The van der Waals surface area contributed by atoms with E-state index in [0.717, 1.165) is 22.0 Å². The molecule has 6 heteroatoms. The number of fused-ring (bicyclic) bond motifs is 2. The maximum absolute atomic E-state index is 13.0. The van der Waals surface area contributed by atoms with Crippen LogP contribution in [-0.2, 0) is 14.1 Å². The molecule has 0 saturated heterocycles. The van der Waals surface area contributed by atoms with Crippen LogP contribution in [0.5, 0.6) is 0 Å². The highest BCUT2D eigenvalue weighted by molar-refractivity contribution is 5.93. The van der Waals surface area contributed by atoms with Crippen molar-refractivity contribution in [3.8, 4) is 11.5 Å². The first-order chi connectivity index (χ1) is 12.4. The van der Waals surface area contributed by atoms with Gasteiger partial charge in [0.15, 0.2) is 5.82 Å². The largest absolute Gasteiger partial charge is 0.324 e. The van der Waals surface area contributed by atoms with Gasteiger partial charge in [-0.2, -0.15) is 5.10 Å². The zero-order valence-corrected chi connectivity index (χ0v) is 15.3. The van der Waals surface area contributed by atoms with Crippen molar-refractivity contribution >= 4 is 21.8 Å². The van der Waals surface area contributed by atoms with E-state index in [9.17, 15) is 4.79 Å². The normalized spacial score (nSPS) is 12.8. The summed E-state index contributed by atoms with van der Waals surface area (Å²) in [5.74, 6) is 0.546. The highest BCUT2D eigenvalue weighted by atomic mass is 16.1. The lowest BCUT2D eigenvalue weighted by Gasteiger charge is -2.14. The first-order valence-corrected chi connectivity index (χ1v) is 8.57. The van der Waals surface area contributed by atoms with Gasteiger partial charge in [0.1, 0.15) is 5.69 Å². The summed E-state index contributed by atoms with van der Waals surface area (Å²) in [4.78, 5) is 17.9. The van der Waals surface area contributed by atoms with Crippen LogP contribution in [-0.4, -0.2) is 19.3 Å². The van der Waals surface area contributed by atoms with Gasteiger partial charge in [0.25, 0.3) is 5.56 Å².